The van der Waals surface area contributed by atoms with Crippen molar-refractivity contribution in [2.75, 3.05) is 0 Å². The minimum Gasteiger partial charge on any atom is -0.298 e. The predicted octanol–water partition coefficient (Wildman–Crippen LogP) is 3.56. The van der Waals surface area contributed by atoms with Gasteiger partial charge in [0, 0.05) is 11.5 Å². The molecular formula is C13H13BrF2O. The summed E-state index contributed by atoms with van der Waals surface area (Å²) in [6.45, 7) is 1.59. The fourth-order valence-corrected chi connectivity index (χ4v) is 2.50. The number of ketones is 1. The average molecular weight is 303 g/mol. The largest absolute Gasteiger partial charge is 0.298 e. The van der Waals surface area contributed by atoms with Crippen LogP contribution in [0.15, 0.2) is 12.1 Å². The summed E-state index contributed by atoms with van der Waals surface area (Å²) in [6.07, 6.45) is 1.88. The summed E-state index contributed by atoms with van der Waals surface area (Å²) in [5.41, 5.74) is 0.404. The molecule has 0 spiro atoms. The van der Waals surface area contributed by atoms with E-state index in [-0.39, 0.29) is 23.7 Å². The van der Waals surface area contributed by atoms with Crippen LogP contribution in [0, 0.1) is 24.5 Å². The van der Waals surface area contributed by atoms with E-state index in [1.165, 1.54) is 12.1 Å². The van der Waals surface area contributed by atoms with Gasteiger partial charge in [-0.3, -0.25) is 4.79 Å². The molecule has 1 nitrogen and oxygen atoms in total. The molecule has 0 heterocycles. The van der Waals surface area contributed by atoms with Gasteiger partial charge in [-0.2, -0.15) is 0 Å². The van der Waals surface area contributed by atoms with Gasteiger partial charge in [-0.05, 0) is 37.8 Å². The lowest BCUT2D eigenvalue weighted by atomic mass is 10.0. The fourth-order valence-electron chi connectivity index (χ4n) is 1.81. The quantitative estimate of drug-likeness (QED) is 0.777. The van der Waals surface area contributed by atoms with E-state index in [2.05, 4.69) is 15.9 Å². The van der Waals surface area contributed by atoms with E-state index >= 15 is 0 Å². The third-order valence-electron chi connectivity index (χ3n) is 3.05. The van der Waals surface area contributed by atoms with E-state index in [4.69, 9.17) is 0 Å². The maximum Gasteiger partial charge on any atom is 0.149 e. The molecule has 0 N–H and O–H groups in total. The van der Waals surface area contributed by atoms with Crippen molar-refractivity contribution >= 4 is 21.7 Å². The van der Waals surface area contributed by atoms with Gasteiger partial charge in [0.1, 0.15) is 17.4 Å². The molecule has 0 aromatic heterocycles. The Morgan fingerprint density at radius 2 is 2.12 bits per heavy atom. The molecule has 0 bridgehead atoms. The van der Waals surface area contributed by atoms with E-state index in [0.717, 1.165) is 12.8 Å². The van der Waals surface area contributed by atoms with Crippen LogP contribution in [0.25, 0.3) is 0 Å². The first-order valence-electron chi connectivity index (χ1n) is 5.62. The molecule has 1 saturated carbocycles. The van der Waals surface area contributed by atoms with Gasteiger partial charge in [-0.1, -0.05) is 22.0 Å². The van der Waals surface area contributed by atoms with Crippen LogP contribution in [0.3, 0.4) is 0 Å². The van der Waals surface area contributed by atoms with Crippen molar-refractivity contribution in [1.29, 1.82) is 0 Å². The van der Waals surface area contributed by atoms with Gasteiger partial charge in [-0.15, -0.1) is 0 Å². The summed E-state index contributed by atoms with van der Waals surface area (Å²) in [7, 11) is 0. The molecule has 0 radical (unpaired) electrons. The van der Waals surface area contributed by atoms with E-state index in [1.54, 1.807) is 6.92 Å². The molecule has 1 fully saturated rings. The zero-order chi connectivity index (χ0) is 12.6. The number of aryl methyl sites for hydroxylation is 1. The number of Topliss-reactive ketones (excluding diaryl/α,β-unsaturated/α-hetero) is 1. The summed E-state index contributed by atoms with van der Waals surface area (Å²) < 4.78 is 27.2. The molecule has 1 aliphatic carbocycles. The van der Waals surface area contributed by atoms with Crippen molar-refractivity contribution in [1.82, 2.24) is 0 Å². The number of alkyl halides is 1. The van der Waals surface area contributed by atoms with Crippen molar-refractivity contribution in [3.63, 3.8) is 0 Å². The van der Waals surface area contributed by atoms with Gasteiger partial charge in [0.05, 0.1) is 4.83 Å². The van der Waals surface area contributed by atoms with Gasteiger partial charge >= 0.3 is 0 Å². The highest BCUT2D eigenvalue weighted by molar-refractivity contribution is 9.10. The van der Waals surface area contributed by atoms with Gasteiger partial charge < -0.3 is 0 Å². The van der Waals surface area contributed by atoms with Crippen molar-refractivity contribution in [3.05, 3.63) is 34.9 Å². The van der Waals surface area contributed by atoms with Crippen molar-refractivity contribution in [2.45, 2.75) is 31.0 Å². The fraction of sp³-hybridized carbons (Fsp3) is 0.462. The zero-order valence-corrected chi connectivity index (χ0v) is 11.1. The monoisotopic (exact) mass is 302 g/mol. The lowest BCUT2D eigenvalue weighted by molar-refractivity contribution is -0.119. The summed E-state index contributed by atoms with van der Waals surface area (Å²) in [5, 5.41) is 0. The standard InChI is InChI=1S/C13H13BrF2O/c1-7-2-5-11(15)9(12(7)16)6-10(14)13(17)8-3-4-8/h2,5,8,10H,3-4,6H2,1H3. The second kappa shape index (κ2) is 4.84. The van der Waals surface area contributed by atoms with E-state index in [9.17, 15) is 13.6 Å². The van der Waals surface area contributed by atoms with Crippen molar-refractivity contribution in [2.24, 2.45) is 5.92 Å². The van der Waals surface area contributed by atoms with Crippen LogP contribution in [0.5, 0.6) is 0 Å². The van der Waals surface area contributed by atoms with E-state index in [0.29, 0.717) is 5.56 Å². The lowest BCUT2D eigenvalue weighted by Gasteiger charge is -2.11. The van der Waals surface area contributed by atoms with Crippen LogP contribution in [0.1, 0.15) is 24.0 Å². The van der Waals surface area contributed by atoms with Gasteiger partial charge in [0.15, 0.2) is 0 Å². The van der Waals surface area contributed by atoms with E-state index in [1.807, 2.05) is 0 Å². The first-order chi connectivity index (χ1) is 8.00. The Morgan fingerprint density at radius 1 is 1.47 bits per heavy atom. The summed E-state index contributed by atoms with van der Waals surface area (Å²) >= 11 is 3.23. The molecule has 1 atom stereocenters. The molecular weight excluding hydrogens is 290 g/mol. The summed E-state index contributed by atoms with van der Waals surface area (Å²) in [6, 6.07) is 2.65. The van der Waals surface area contributed by atoms with Crippen LogP contribution in [0.2, 0.25) is 0 Å². The Balaban J connectivity index is 2.17. The molecule has 0 aliphatic heterocycles. The summed E-state index contributed by atoms with van der Waals surface area (Å²) in [4.78, 5) is 11.2. The first kappa shape index (κ1) is 12.7. The molecule has 1 aromatic rings. The highest BCUT2D eigenvalue weighted by Crippen LogP contribution is 2.33. The van der Waals surface area contributed by atoms with Crippen molar-refractivity contribution in [3.8, 4) is 0 Å². The molecule has 2 rings (SSSR count). The first-order valence-corrected chi connectivity index (χ1v) is 6.53. The minimum absolute atomic E-state index is 0.000810. The smallest absolute Gasteiger partial charge is 0.149 e. The number of carbonyl (C=O) groups excluding carboxylic acids is 1. The molecule has 0 amide bonds. The molecule has 17 heavy (non-hydrogen) atoms. The van der Waals surface area contributed by atoms with Crippen LogP contribution in [-0.2, 0) is 11.2 Å². The van der Waals surface area contributed by atoms with Crippen molar-refractivity contribution < 1.29 is 13.6 Å². The Bertz CT molecular complexity index is 455. The number of carbonyl (C=O) groups is 1. The highest BCUT2D eigenvalue weighted by atomic mass is 79.9. The molecule has 1 aliphatic rings. The molecule has 92 valence electrons. The Kier molecular flexibility index (Phi) is 3.61. The number of hydrogen-bond acceptors (Lipinski definition) is 1. The minimum atomic E-state index is -0.582. The van der Waals surface area contributed by atoms with Gasteiger partial charge in [-0.25, -0.2) is 8.78 Å². The van der Waals surface area contributed by atoms with Gasteiger partial charge in [0.2, 0.25) is 0 Å². The molecule has 1 unspecified atom stereocenters. The second-order valence-electron chi connectivity index (χ2n) is 4.51. The maximum atomic E-state index is 13.7. The number of benzene rings is 1. The maximum absolute atomic E-state index is 13.7. The summed E-state index contributed by atoms with van der Waals surface area (Å²) in [5.74, 6) is -0.972. The van der Waals surface area contributed by atoms with Crippen LogP contribution in [0.4, 0.5) is 8.78 Å². The predicted molar refractivity (Wildman–Crippen MR) is 65.2 cm³/mol. The molecule has 0 saturated heterocycles. The Morgan fingerprint density at radius 3 is 2.71 bits per heavy atom. The zero-order valence-electron chi connectivity index (χ0n) is 9.47. The third-order valence-corrected chi connectivity index (χ3v) is 3.83. The number of hydrogen-bond donors (Lipinski definition) is 0. The van der Waals surface area contributed by atoms with E-state index < -0.39 is 16.5 Å². The second-order valence-corrected chi connectivity index (χ2v) is 5.61. The topological polar surface area (TPSA) is 17.1 Å². The lowest BCUT2D eigenvalue weighted by Crippen LogP contribution is -2.20. The normalized spacial score (nSPS) is 16.9. The third kappa shape index (κ3) is 2.73. The number of halogens is 3. The van der Waals surface area contributed by atoms with Gasteiger partial charge in [0.25, 0.3) is 0 Å². The molecule has 1 aromatic carbocycles. The molecule has 4 heteroatoms. The van der Waals surface area contributed by atoms with Crippen LogP contribution >= 0.6 is 15.9 Å². The van der Waals surface area contributed by atoms with Crippen LogP contribution in [-0.4, -0.2) is 10.6 Å². The SMILES string of the molecule is Cc1ccc(F)c(CC(Br)C(=O)C2CC2)c1F. The number of rotatable bonds is 4. The Labute approximate surface area is 107 Å². The highest BCUT2D eigenvalue weighted by Gasteiger charge is 2.34. The average Bonchev–Trinajstić information content (AvgIpc) is 3.12. The Hall–Kier alpha value is -0.770. The van der Waals surface area contributed by atoms with Crippen LogP contribution < -0.4 is 0 Å².